The fraction of sp³-hybridized carbons (Fsp3) is 0.500. The van der Waals surface area contributed by atoms with E-state index in [0.29, 0.717) is 16.7 Å². The molecule has 0 amide bonds. The third kappa shape index (κ3) is 2.93. The molecule has 21 heavy (non-hydrogen) atoms. The maximum absolute atomic E-state index is 12.0. The number of hydrogen-bond donors (Lipinski definition) is 2. The highest BCUT2D eigenvalue weighted by atomic mass is 16.5. The second-order valence-corrected chi connectivity index (χ2v) is 5.88. The molecule has 0 bridgehead atoms. The second-order valence-electron chi connectivity index (χ2n) is 5.88. The number of nitrogens with one attached hydrogen (secondary N) is 2. The van der Waals surface area contributed by atoms with Gasteiger partial charge in [-0.2, -0.15) is 0 Å². The lowest BCUT2D eigenvalue weighted by Gasteiger charge is -2.42. The van der Waals surface area contributed by atoms with E-state index in [4.69, 9.17) is 4.74 Å². The van der Waals surface area contributed by atoms with Crippen molar-refractivity contribution >= 4 is 16.9 Å². The highest BCUT2D eigenvalue weighted by molar-refractivity contribution is 5.78. The van der Waals surface area contributed by atoms with E-state index in [1.54, 1.807) is 13.2 Å². The van der Waals surface area contributed by atoms with Crippen molar-refractivity contribution in [3.8, 4) is 0 Å². The Morgan fingerprint density at radius 2 is 2.19 bits per heavy atom. The average molecular weight is 287 g/mol. The van der Waals surface area contributed by atoms with E-state index in [-0.39, 0.29) is 5.56 Å². The summed E-state index contributed by atoms with van der Waals surface area (Å²) in [6.07, 6.45) is 4.74. The Morgan fingerprint density at radius 1 is 1.38 bits per heavy atom. The number of fused-ring (bicyclic) bond motifs is 1. The van der Waals surface area contributed by atoms with Crippen LogP contribution in [-0.2, 0) is 4.74 Å². The molecule has 112 valence electrons. The van der Waals surface area contributed by atoms with Gasteiger partial charge >= 0.3 is 0 Å². The largest absolute Gasteiger partial charge is 0.385 e. The van der Waals surface area contributed by atoms with Crippen LogP contribution in [0.15, 0.2) is 29.1 Å². The summed E-state index contributed by atoms with van der Waals surface area (Å²) in [6, 6.07) is 7.39. The molecule has 1 aromatic heterocycles. The van der Waals surface area contributed by atoms with E-state index in [0.717, 1.165) is 25.1 Å². The maximum atomic E-state index is 12.0. The third-order valence-electron chi connectivity index (χ3n) is 4.49. The summed E-state index contributed by atoms with van der Waals surface area (Å²) < 4.78 is 5.20. The van der Waals surface area contributed by atoms with Crippen molar-refractivity contribution in [1.29, 1.82) is 0 Å². The molecule has 1 fully saturated rings. The Hall–Kier alpha value is -1.88. The summed E-state index contributed by atoms with van der Waals surface area (Å²) in [5.41, 5.74) is 0.922. The van der Waals surface area contributed by atoms with Crippen molar-refractivity contribution in [2.45, 2.75) is 25.7 Å². The van der Waals surface area contributed by atoms with Crippen molar-refractivity contribution in [3.63, 3.8) is 0 Å². The van der Waals surface area contributed by atoms with Crippen LogP contribution in [0.2, 0.25) is 0 Å². The SMILES string of the molecule is COCCC1(CNc2nc3ccccc3c(=O)[nH]2)CCC1. The summed E-state index contributed by atoms with van der Waals surface area (Å²) in [4.78, 5) is 19.3. The van der Waals surface area contributed by atoms with Crippen LogP contribution in [0.25, 0.3) is 10.9 Å². The van der Waals surface area contributed by atoms with Crippen LogP contribution in [0.3, 0.4) is 0 Å². The number of aromatic nitrogens is 2. The number of methoxy groups -OCH3 is 1. The number of H-pyrrole nitrogens is 1. The van der Waals surface area contributed by atoms with Crippen LogP contribution < -0.4 is 10.9 Å². The molecule has 0 atom stereocenters. The molecule has 1 heterocycles. The van der Waals surface area contributed by atoms with Gasteiger partial charge in [0.2, 0.25) is 5.95 Å². The summed E-state index contributed by atoms with van der Waals surface area (Å²) >= 11 is 0. The van der Waals surface area contributed by atoms with Crippen molar-refractivity contribution in [1.82, 2.24) is 9.97 Å². The zero-order valence-corrected chi connectivity index (χ0v) is 12.3. The molecule has 5 nitrogen and oxygen atoms in total. The molecule has 0 aliphatic heterocycles. The van der Waals surface area contributed by atoms with Crippen molar-refractivity contribution in [3.05, 3.63) is 34.6 Å². The molecule has 1 aromatic carbocycles. The highest BCUT2D eigenvalue weighted by Gasteiger charge is 2.36. The monoisotopic (exact) mass is 287 g/mol. The number of para-hydroxylation sites is 1. The van der Waals surface area contributed by atoms with Crippen LogP contribution in [0.1, 0.15) is 25.7 Å². The first-order chi connectivity index (χ1) is 10.2. The maximum Gasteiger partial charge on any atom is 0.260 e. The zero-order chi connectivity index (χ0) is 14.7. The molecule has 1 aliphatic rings. The minimum atomic E-state index is -0.0948. The molecule has 0 spiro atoms. The summed E-state index contributed by atoms with van der Waals surface area (Å²) in [7, 11) is 1.74. The molecular formula is C16H21N3O2. The number of aromatic amines is 1. The molecule has 1 saturated carbocycles. The van der Waals surface area contributed by atoms with Gasteiger partial charge in [-0.05, 0) is 36.8 Å². The standard InChI is InChI=1S/C16H21N3O2/c1-21-10-9-16(7-4-8-16)11-17-15-18-13-6-3-2-5-12(13)14(20)19-15/h2-3,5-6H,4,7-11H2,1H3,(H2,17,18,19,20). The number of nitrogens with zero attached hydrogens (tertiary/aromatic N) is 1. The van der Waals surface area contributed by atoms with Crippen LogP contribution >= 0.6 is 0 Å². The molecule has 5 heteroatoms. The Morgan fingerprint density at radius 3 is 2.90 bits per heavy atom. The van der Waals surface area contributed by atoms with Gasteiger partial charge in [0.05, 0.1) is 10.9 Å². The van der Waals surface area contributed by atoms with E-state index in [1.165, 1.54) is 19.3 Å². The lowest BCUT2D eigenvalue weighted by Crippen LogP contribution is -2.38. The number of rotatable bonds is 6. The van der Waals surface area contributed by atoms with Gasteiger partial charge in [-0.1, -0.05) is 18.6 Å². The fourth-order valence-corrected chi connectivity index (χ4v) is 2.95. The van der Waals surface area contributed by atoms with Gasteiger partial charge in [0.25, 0.3) is 5.56 Å². The third-order valence-corrected chi connectivity index (χ3v) is 4.49. The van der Waals surface area contributed by atoms with Gasteiger partial charge in [-0.15, -0.1) is 0 Å². The van der Waals surface area contributed by atoms with Crippen molar-refractivity contribution in [2.75, 3.05) is 25.6 Å². The van der Waals surface area contributed by atoms with Crippen LogP contribution in [0.4, 0.5) is 5.95 Å². The highest BCUT2D eigenvalue weighted by Crippen LogP contribution is 2.43. The van der Waals surface area contributed by atoms with Gasteiger partial charge in [-0.3, -0.25) is 9.78 Å². The zero-order valence-electron chi connectivity index (χ0n) is 12.3. The average Bonchev–Trinajstić information content (AvgIpc) is 2.46. The van der Waals surface area contributed by atoms with Gasteiger partial charge < -0.3 is 10.1 Å². The Labute approximate surface area is 123 Å². The predicted octanol–water partition coefficient (Wildman–Crippen LogP) is 2.54. The topological polar surface area (TPSA) is 67.0 Å². The minimum absolute atomic E-state index is 0.0948. The van der Waals surface area contributed by atoms with Gasteiger partial charge in [-0.25, -0.2) is 4.98 Å². The first kappa shape index (κ1) is 14.1. The van der Waals surface area contributed by atoms with E-state index < -0.39 is 0 Å². The Bertz CT molecular complexity index is 677. The first-order valence-corrected chi connectivity index (χ1v) is 7.44. The molecule has 1 aliphatic carbocycles. The van der Waals surface area contributed by atoms with Crippen LogP contribution in [-0.4, -0.2) is 30.2 Å². The van der Waals surface area contributed by atoms with E-state index in [1.807, 2.05) is 18.2 Å². The number of benzene rings is 1. The van der Waals surface area contributed by atoms with Crippen LogP contribution in [0, 0.1) is 5.41 Å². The van der Waals surface area contributed by atoms with E-state index in [9.17, 15) is 4.79 Å². The quantitative estimate of drug-likeness (QED) is 0.857. The molecule has 2 N–H and O–H groups in total. The normalized spacial score (nSPS) is 16.6. The second kappa shape index (κ2) is 5.85. The van der Waals surface area contributed by atoms with Gasteiger partial charge in [0.1, 0.15) is 0 Å². The Kier molecular flexibility index (Phi) is 3.92. The minimum Gasteiger partial charge on any atom is -0.385 e. The predicted molar refractivity (Wildman–Crippen MR) is 83.6 cm³/mol. The van der Waals surface area contributed by atoms with Gasteiger partial charge in [0, 0.05) is 20.3 Å². The Balaban J connectivity index is 1.74. The summed E-state index contributed by atoms with van der Waals surface area (Å²) in [5.74, 6) is 0.558. The van der Waals surface area contributed by atoms with Crippen molar-refractivity contribution in [2.24, 2.45) is 5.41 Å². The number of ether oxygens (including phenoxy) is 1. The number of anilines is 1. The summed E-state index contributed by atoms with van der Waals surface area (Å²) in [6.45, 7) is 1.61. The molecule has 0 saturated heterocycles. The summed E-state index contributed by atoms with van der Waals surface area (Å²) in [5, 5.41) is 3.93. The number of hydrogen-bond acceptors (Lipinski definition) is 4. The molecule has 2 aromatic rings. The lowest BCUT2D eigenvalue weighted by molar-refractivity contribution is 0.0811. The van der Waals surface area contributed by atoms with E-state index in [2.05, 4.69) is 15.3 Å². The van der Waals surface area contributed by atoms with Gasteiger partial charge in [0.15, 0.2) is 0 Å². The molecule has 0 unspecified atom stereocenters. The van der Waals surface area contributed by atoms with Crippen molar-refractivity contribution < 1.29 is 4.74 Å². The van der Waals surface area contributed by atoms with E-state index >= 15 is 0 Å². The first-order valence-electron chi connectivity index (χ1n) is 7.44. The smallest absolute Gasteiger partial charge is 0.260 e. The molecular weight excluding hydrogens is 266 g/mol. The van der Waals surface area contributed by atoms with Crippen LogP contribution in [0.5, 0.6) is 0 Å². The molecule has 3 rings (SSSR count). The lowest BCUT2D eigenvalue weighted by atomic mass is 9.67. The fourth-order valence-electron chi connectivity index (χ4n) is 2.95. The molecule has 0 radical (unpaired) electrons.